The first-order valence-corrected chi connectivity index (χ1v) is 10.4. The molecule has 7 heteroatoms. The molecule has 1 unspecified atom stereocenters. The first kappa shape index (κ1) is 20.2. The number of carbonyl (C=O) groups excluding carboxylic acids is 1. The summed E-state index contributed by atoms with van der Waals surface area (Å²) in [6.07, 6.45) is 6.65. The molecular formula is C23H27N5O2. The number of anilines is 1. The van der Waals surface area contributed by atoms with Crippen LogP contribution in [0.4, 0.5) is 5.95 Å². The lowest BCUT2D eigenvalue weighted by atomic mass is 9.93. The number of carbonyl (C=O) groups is 1. The van der Waals surface area contributed by atoms with Crippen LogP contribution in [-0.2, 0) is 0 Å². The molecule has 2 aromatic heterocycles. The fourth-order valence-electron chi connectivity index (χ4n) is 3.80. The number of aryl methyl sites for hydroxylation is 1. The Kier molecular flexibility index (Phi) is 5.90. The minimum atomic E-state index is -0.207. The van der Waals surface area contributed by atoms with Crippen LogP contribution in [0.1, 0.15) is 60.3 Å². The van der Waals surface area contributed by atoms with E-state index in [4.69, 9.17) is 0 Å². The first-order valence-electron chi connectivity index (χ1n) is 10.4. The van der Waals surface area contributed by atoms with Gasteiger partial charge in [-0.15, -0.1) is 0 Å². The number of amides is 1. The van der Waals surface area contributed by atoms with Gasteiger partial charge in [0.25, 0.3) is 5.91 Å². The second-order valence-electron chi connectivity index (χ2n) is 8.01. The van der Waals surface area contributed by atoms with Gasteiger partial charge in [-0.1, -0.05) is 18.2 Å². The van der Waals surface area contributed by atoms with E-state index in [0.717, 1.165) is 42.3 Å². The van der Waals surface area contributed by atoms with E-state index < -0.39 is 0 Å². The van der Waals surface area contributed by atoms with Gasteiger partial charge < -0.3 is 15.7 Å². The van der Waals surface area contributed by atoms with Crippen LogP contribution in [0.15, 0.2) is 42.7 Å². The Hall–Kier alpha value is -3.06. The smallest absolute Gasteiger partial charge is 0.253 e. The van der Waals surface area contributed by atoms with E-state index >= 15 is 0 Å². The van der Waals surface area contributed by atoms with E-state index in [0.29, 0.717) is 17.0 Å². The monoisotopic (exact) mass is 405 g/mol. The highest BCUT2D eigenvalue weighted by Crippen LogP contribution is 2.23. The molecular weight excluding hydrogens is 378 g/mol. The Bertz CT molecular complexity index is 1030. The molecule has 1 aliphatic rings. The van der Waals surface area contributed by atoms with Crippen molar-refractivity contribution in [3.63, 3.8) is 0 Å². The summed E-state index contributed by atoms with van der Waals surface area (Å²) in [5, 5.41) is 16.9. The molecule has 1 atom stereocenters. The summed E-state index contributed by atoms with van der Waals surface area (Å²) in [5.41, 5.74) is 3.03. The molecule has 3 N–H and O–H groups in total. The summed E-state index contributed by atoms with van der Waals surface area (Å²) in [5.74, 6) is 0.332. The van der Waals surface area contributed by atoms with Gasteiger partial charge >= 0.3 is 0 Å². The average molecular weight is 406 g/mol. The Morgan fingerprint density at radius 1 is 1.10 bits per heavy atom. The fraction of sp³-hybridized carbons (Fsp3) is 0.391. The van der Waals surface area contributed by atoms with Crippen LogP contribution >= 0.6 is 0 Å². The van der Waals surface area contributed by atoms with Gasteiger partial charge in [0.2, 0.25) is 5.95 Å². The van der Waals surface area contributed by atoms with Crippen molar-refractivity contribution in [1.82, 2.24) is 20.3 Å². The third kappa shape index (κ3) is 4.57. The van der Waals surface area contributed by atoms with Gasteiger partial charge in [0.05, 0.1) is 23.2 Å². The number of pyridine rings is 1. The molecule has 1 amide bonds. The van der Waals surface area contributed by atoms with Crippen LogP contribution < -0.4 is 10.6 Å². The Labute approximate surface area is 176 Å². The molecule has 4 rings (SSSR count). The average Bonchev–Trinajstić information content (AvgIpc) is 2.75. The van der Waals surface area contributed by atoms with Crippen molar-refractivity contribution in [2.45, 2.75) is 57.7 Å². The molecule has 0 spiro atoms. The Morgan fingerprint density at radius 2 is 1.90 bits per heavy atom. The van der Waals surface area contributed by atoms with Crippen LogP contribution in [0.2, 0.25) is 0 Å². The van der Waals surface area contributed by atoms with Crippen molar-refractivity contribution >= 4 is 22.8 Å². The topological polar surface area (TPSA) is 100 Å². The number of nitrogens with one attached hydrogen (secondary N) is 2. The zero-order chi connectivity index (χ0) is 21.1. The second-order valence-corrected chi connectivity index (χ2v) is 8.01. The molecule has 1 aliphatic carbocycles. The summed E-state index contributed by atoms with van der Waals surface area (Å²) < 4.78 is 0. The van der Waals surface area contributed by atoms with Gasteiger partial charge in [-0.3, -0.25) is 9.78 Å². The van der Waals surface area contributed by atoms with Crippen LogP contribution in [0.25, 0.3) is 10.9 Å². The first-order chi connectivity index (χ1) is 14.5. The van der Waals surface area contributed by atoms with E-state index in [9.17, 15) is 9.90 Å². The third-order valence-corrected chi connectivity index (χ3v) is 5.67. The molecule has 1 fully saturated rings. The van der Waals surface area contributed by atoms with E-state index in [2.05, 4.69) is 25.6 Å². The summed E-state index contributed by atoms with van der Waals surface area (Å²) in [6.45, 7) is 3.87. The lowest BCUT2D eigenvalue weighted by molar-refractivity contribution is 0.0941. The zero-order valence-corrected chi connectivity index (χ0v) is 17.3. The van der Waals surface area contributed by atoms with E-state index in [1.807, 2.05) is 38.1 Å². The Morgan fingerprint density at radius 3 is 2.63 bits per heavy atom. The number of rotatable bonds is 5. The van der Waals surface area contributed by atoms with Crippen LogP contribution in [0.5, 0.6) is 0 Å². The SMILES string of the molecule is Cc1ccc(C(C)NC(=O)c2cccc3cnc(NC4CCC(O)CC4)nc23)cn1. The maximum Gasteiger partial charge on any atom is 0.253 e. The molecule has 0 aliphatic heterocycles. The number of nitrogens with zero attached hydrogens (tertiary/aromatic N) is 3. The molecule has 0 radical (unpaired) electrons. The number of aliphatic hydroxyl groups is 1. The molecule has 0 saturated heterocycles. The van der Waals surface area contributed by atoms with Crippen LogP contribution in [0.3, 0.4) is 0 Å². The molecule has 7 nitrogen and oxygen atoms in total. The van der Waals surface area contributed by atoms with E-state index in [1.165, 1.54) is 0 Å². The van der Waals surface area contributed by atoms with Crippen molar-refractivity contribution in [2.75, 3.05) is 5.32 Å². The van der Waals surface area contributed by atoms with Gasteiger partial charge in [0, 0.05) is 29.5 Å². The van der Waals surface area contributed by atoms with E-state index in [1.54, 1.807) is 18.5 Å². The highest BCUT2D eigenvalue weighted by Gasteiger charge is 2.21. The Balaban J connectivity index is 1.54. The van der Waals surface area contributed by atoms with Gasteiger partial charge in [-0.05, 0) is 57.2 Å². The van der Waals surface area contributed by atoms with Crippen molar-refractivity contribution in [3.05, 3.63) is 59.5 Å². The third-order valence-electron chi connectivity index (χ3n) is 5.67. The summed E-state index contributed by atoms with van der Waals surface area (Å²) in [7, 11) is 0. The number of hydrogen-bond donors (Lipinski definition) is 3. The van der Waals surface area contributed by atoms with E-state index in [-0.39, 0.29) is 24.1 Å². The van der Waals surface area contributed by atoms with Crippen molar-refractivity contribution in [2.24, 2.45) is 0 Å². The van der Waals surface area contributed by atoms with Crippen molar-refractivity contribution in [3.8, 4) is 0 Å². The maximum atomic E-state index is 13.0. The largest absolute Gasteiger partial charge is 0.393 e. The summed E-state index contributed by atoms with van der Waals surface area (Å²) in [4.78, 5) is 26.4. The normalized spacial score (nSPS) is 20.0. The van der Waals surface area contributed by atoms with Gasteiger partial charge in [-0.2, -0.15) is 0 Å². The second kappa shape index (κ2) is 8.75. The molecule has 3 aromatic rings. The van der Waals surface area contributed by atoms with Crippen molar-refractivity contribution < 1.29 is 9.90 Å². The molecule has 30 heavy (non-hydrogen) atoms. The van der Waals surface area contributed by atoms with Crippen molar-refractivity contribution in [1.29, 1.82) is 0 Å². The number of aromatic nitrogens is 3. The van der Waals surface area contributed by atoms with Crippen LogP contribution in [-0.4, -0.2) is 38.1 Å². The highest BCUT2D eigenvalue weighted by molar-refractivity contribution is 6.05. The zero-order valence-electron chi connectivity index (χ0n) is 17.3. The predicted octanol–water partition coefficient (Wildman–Crippen LogP) is 3.54. The maximum absolute atomic E-state index is 13.0. The minimum absolute atomic E-state index is 0.172. The molecule has 0 bridgehead atoms. The van der Waals surface area contributed by atoms with Gasteiger partial charge in [0.15, 0.2) is 0 Å². The lowest BCUT2D eigenvalue weighted by Gasteiger charge is -2.26. The van der Waals surface area contributed by atoms with Gasteiger partial charge in [0.1, 0.15) is 0 Å². The minimum Gasteiger partial charge on any atom is -0.393 e. The number of para-hydroxylation sites is 1. The number of aliphatic hydroxyl groups excluding tert-OH is 1. The van der Waals surface area contributed by atoms with Crippen LogP contribution in [0, 0.1) is 6.92 Å². The fourth-order valence-corrected chi connectivity index (χ4v) is 3.80. The highest BCUT2D eigenvalue weighted by atomic mass is 16.3. The lowest BCUT2D eigenvalue weighted by Crippen LogP contribution is -2.29. The molecule has 156 valence electrons. The predicted molar refractivity (Wildman–Crippen MR) is 116 cm³/mol. The molecule has 2 heterocycles. The quantitative estimate of drug-likeness (QED) is 0.600. The summed E-state index contributed by atoms with van der Waals surface area (Å²) in [6, 6.07) is 9.50. The van der Waals surface area contributed by atoms with Gasteiger partial charge in [-0.25, -0.2) is 9.97 Å². The molecule has 1 aromatic carbocycles. The number of benzene rings is 1. The number of hydrogen-bond acceptors (Lipinski definition) is 6. The molecule has 1 saturated carbocycles. The summed E-state index contributed by atoms with van der Waals surface area (Å²) >= 11 is 0. The standard InChI is InChI=1S/C23H27N5O2/c1-14-6-7-16(12-24-14)15(2)26-22(30)20-5-3-4-17-13-25-23(28-21(17)20)27-18-8-10-19(29)11-9-18/h3-7,12-13,15,18-19,29H,8-11H2,1-2H3,(H,26,30)(H,25,27,28). The number of fused-ring (bicyclic) bond motifs is 1.